The summed E-state index contributed by atoms with van der Waals surface area (Å²) in [6.07, 6.45) is 0.626. The van der Waals surface area contributed by atoms with Gasteiger partial charge in [0.05, 0.1) is 23.4 Å². The molecule has 4 rings (SSSR count). The molecule has 0 saturated carbocycles. The van der Waals surface area contributed by atoms with Gasteiger partial charge in [0, 0.05) is 5.39 Å². The molecule has 1 saturated heterocycles. The van der Waals surface area contributed by atoms with Crippen molar-refractivity contribution in [3.63, 3.8) is 0 Å². The lowest BCUT2D eigenvalue weighted by Crippen LogP contribution is -2.35. The lowest BCUT2D eigenvalue weighted by Gasteiger charge is -2.22. The fourth-order valence-electron chi connectivity index (χ4n) is 3.90. The van der Waals surface area contributed by atoms with Crippen molar-refractivity contribution in [1.29, 1.82) is 0 Å². The Bertz CT molecular complexity index is 1080. The summed E-state index contributed by atoms with van der Waals surface area (Å²) < 4.78 is 0. The number of aromatic nitrogens is 1. The monoisotopic (exact) mass is 387 g/mol. The minimum absolute atomic E-state index is 0.154. The van der Waals surface area contributed by atoms with Crippen molar-refractivity contribution in [3.05, 3.63) is 71.9 Å². The number of amides is 3. The molecule has 0 spiro atoms. The summed E-state index contributed by atoms with van der Waals surface area (Å²) in [4.78, 5) is 34.3. The minimum Gasteiger partial charge on any atom is -0.306 e. The second-order valence-corrected chi connectivity index (χ2v) is 8.01. The highest BCUT2D eigenvalue weighted by Crippen LogP contribution is 2.31. The summed E-state index contributed by atoms with van der Waals surface area (Å²) in [5, 5.41) is 1.06. The van der Waals surface area contributed by atoms with Crippen LogP contribution < -0.4 is 4.90 Å². The van der Waals surface area contributed by atoms with E-state index in [4.69, 9.17) is 4.98 Å². The van der Waals surface area contributed by atoms with Crippen molar-refractivity contribution in [2.45, 2.75) is 39.8 Å². The summed E-state index contributed by atoms with van der Waals surface area (Å²) in [5.74, 6) is 0.138. The lowest BCUT2D eigenvalue weighted by molar-refractivity contribution is -0.120. The maximum atomic E-state index is 13.3. The van der Waals surface area contributed by atoms with Crippen molar-refractivity contribution < 1.29 is 9.59 Å². The predicted octanol–water partition coefficient (Wildman–Crippen LogP) is 4.93. The Morgan fingerprint density at radius 3 is 2.45 bits per heavy atom. The molecule has 1 fully saturated rings. The molecule has 0 aliphatic carbocycles. The van der Waals surface area contributed by atoms with Gasteiger partial charge in [-0.15, -0.1) is 0 Å². The molecule has 2 heterocycles. The number of nitrogens with zero attached hydrogens (tertiary/aromatic N) is 3. The van der Waals surface area contributed by atoms with Gasteiger partial charge in [-0.1, -0.05) is 56.3 Å². The SMILES string of the molecule is Cc1ccccc1N1C(=O)C(CC(C)C)N(Cc2ccc3ccccc3n2)C1=O. The first-order valence-electron chi connectivity index (χ1n) is 10.0. The lowest BCUT2D eigenvalue weighted by atomic mass is 10.0. The Morgan fingerprint density at radius 2 is 1.69 bits per heavy atom. The van der Waals surface area contributed by atoms with Crippen LogP contribution in [0.5, 0.6) is 0 Å². The largest absolute Gasteiger partial charge is 0.332 e. The second-order valence-electron chi connectivity index (χ2n) is 8.01. The van der Waals surface area contributed by atoms with Crippen LogP contribution in [0.15, 0.2) is 60.7 Å². The van der Waals surface area contributed by atoms with Crippen molar-refractivity contribution in [3.8, 4) is 0 Å². The Labute approximate surface area is 171 Å². The molecule has 148 valence electrons. The molecule has 1 atom stereocenters. The summed E-state index contributed by atoms with van der Waals surface area (Å²) in [6, 6.07) is 18.6. The average molecular weight is 387 g/mol. The van der Waals surface area contributed by atoms with Crippen LogP contribution in [-0.4, -0.2) is 27.9 Å². The van der Waals surface area contributed by atoms with Crippen LogP contribution in [0, 0.1) is 12.8 Å². The molecule has 5 heteroatoms. The number of urea groups is 1. The van der Waals surface area contributed by atoms with Gasteiger partial charge < -0.3 is 4.90 Å². The van der Waals surface area contributed by atoms with E-state index < -0.39 is 6.04 Å². The number of hydrogen-bond donors (Lipinski definition) is 0. The maximum Gasteiger partial charge on any atom is 0.332 e. The van der Waals surface area contributed by atoms with Gasteiger partial charge in [-0.25, -0.2) is 9.69 Å². The summed E-state index contributed by atoms with van der Waals surface area (Å²) in [6.45, 7) is 6.37. The summed E-state index contributed by atoms with van der Waals surface area (Å²) >= 11 is 0. The molecule has 0 bridgehead atoms. The van der Waals surface area contributed by atoms with Crippen LogP contribution in [0.25, 0.3) is 10.9 Å². The van der Waals surface area contributed by atoms with E-state index >= 15 is 0 Å². The van der Waals surface area contributed by atoms with E-state index in [0.717, 1.165) is 22.2 Å². The van der Waals surface area contributed by atoms with E-state index in [9.17, 15) is 9.59 Å². The van der Waals surface area contributed by atoms with Crippen LogP contribution in [-0.2, 0) is 11.3 Å². The fraction of sp³-hybridized carbons (Fsp3) is 0.292. The van der Waals surface area contributed by atoms with E-state index in [2.05, 4.69) is 13.8 Å². The molecule has 29 heavy (non-hydrogen) atoms. The van der Waals surface area contributed by atoms with Gasteiger partial charge in [0.2, 0.25) is 0 Å². The van der Waals surface area contributed by atoms with E-state index in [-0.39, 0.29) is 11.9 Å². The normalized spacial score (nSPS) is 17.0. The van der Waals surface area contributed by atoms with Gasteiger partial charge in [0.25, 0.3) is 5.91 Å². The number of pyridine rings is 1. The molecule has 0 N–H and O–H groups in total. The first-order chi connectivity index (χ1) is 14.0. The molecule has 0 radical (unpaired) electrons. The minimum atomic E-state index is -0.477. The number of anilines is 1. The molecule has 1 aliphatic heterocycles. The molecule has 1 unspecified atom stereocenters. The van der Waals surface area contributed by atoms with Crippen molar-refractivity contribution >= 4 is 28.5 Å². The van der Waals surface area contributed by atoms with Crippen molar-refractivity contribution in [2.75, 3.05) is 4.90 Å². The average Bonchev–Trinajstić information content (AvgIpc) is 2.92. The molecule has 1 aromatic heterocycles. The molecular weight excluding hydrogens is 362 g/mol. The fourth-order valence-corrected chi connectivity index (χ4v) is 3.90. The van der Waals surface area contributed by atoms with E-state index in [0.29, 0.717) is 24.6 Å². The zero-order valence-electron chi connectivity index (χ0n) is 17.0. The molecule has 3 amide bonds. The van der Waals surface area contributed by atoms with E-state index in [1.54, 1.807) is 4.90 Å². The second kappa shape index (κ2) is 7.66. The Morgan fingerprint density at radius 1 is 0.966 bits per heavy atom. The van der Waals surface area contributed by atoms with Crippen molar-refractivity contribution in [2.24, 2.45) is 5.92 Å². The van der Waals surface area contributed by atoms with Crippen LogP contribution in [0.2, 0.25) is 0 Å². The number of carbonyl (C=O) groups is 2. The number of aryl methyl sites for hydroxylation is 1. The zero-order chi connectivity index (χ0) is 20.5. The first kappa shape index (κ1) is 19.1. The molecule has 2 aromatic carbocycles. The Balaban J connectivity index is 1.70. The van der Waals surface area contributed by atoms with Gasteiger partial charge in [0.1, 0.15) is 6.04 Å². The van der Waals surface area contributed by atoms with Gasteiger partial charge in [-0.2, -0.15) is 0 Å². The third-order valence-corrected chi connectivity index (χ3v) is 5.36. The van der Waals surface area contributed by atoms with Gasteiger partial charge in [0.15, 0.2) is 0 Å². The predicted molar refractivity (Wildman–Crippen MR) is 115 cm³/mol. The van der Waals surface area contributed by atoms with Gasteiger partial charge in [-0.3, -0.25) is 9.78 Å². The molecule has 5 nitrogen and oxygen atoms in total. The van der Waals surface area contributed by atoms with Gasteiger partial charge >= 0.3 is 6.03 Å². The first-order valence-corrected chi connectivity index (χ1v) is 10.0. The highest BCUT2D eigenvalue weighted by atomic mass is 16.2. The molecular formula is C24H25N3O2. The van der Waals surface area contributed by atoms with E-state index in [1.807, 2.05) is 67.6 Å². The maximum absolute atomic E-state index is 13.3. The Hall–Kier alpha value is -3.21. The van der Waals surface area contributed by atoms with Crippen LogP contribution in [0.4, 0.5) is 10.5 Å². The summed E-state index contributed by atoms with van der Waals surface area (Å²) in [5.41, 5.74) is 3.23. The number of carbonyl (C=O) groups excluding carboxylic acids is 2. The number of para-hydroxylation sites is 2. The molecule has 1 aliphatic rings. The third-order valence-electron chi connectivity index (χ3n) is 5.36. The summed E-state index contributed by atoms with van der Waals surface area (Å²) in [7, 11) is 0. The standard InChI is InChI=1S/C24H25N3O2/c1-16(2)14-22-23(28)27(21-11-7-4-8-17(21)3)24(29)26(22)15-19-13-12-18-9-5-6-10-20(18)25-19/h4-13,16,22H,14-15H2,1-3H3. The van der Waals surface area contributed by atoms with Gasteiger partial charge in [-0.05, 0) is 43.0 Å². The Kier molecular flexibility index (Phi) is 5.05. The van der Waals surface area contributed by atoms with Crippen LogP contribution >= 0.6 is 0 Å². The molecule has 3 aromatic rings. The number of imide groups is 1. The quantitative estimate of drug-likeness (QED) is 0.584. The number of benzene rings is 2. The number of rotatable bonds is 5. The van der Waals surface area contributed by atoms with Crippen molar-refractivity contribution in [1.82, 2.24) is 9.88 Å². The highest BCUT2D eigenvalue weighted by Gasteiger charge is 2.46. The number of hydrogen-bond acceptors (Lipinski definition) is 3. The topological polar surface area (TPSA) is 53.5 Å². The zero-order valence-corrected chi connectivity index (χ0v) is 17.0. The number of fused-ring (bicyclic) bond motifs is 1. The van der Waals surface area contributed by atoms with E-state index in [1.165, 1.54) is 4.90 Å². The third kappa shape index (κ3) is 3.60. The van der Waals surface area contributed by atoms with Crippen LogP contribution in [0.3, 0.4) is 0 Å². The van der Waals surface area contributed by atoms with Crippen LogP contribution in [0.1, 0.15) is 31.5 Å². The smallest absolute Gasteiger partial charge is 0.306 e. The highest BCUT2D eigenvalue weighted by molar-refractivity contribution is 6.21.